The summed E-state index contributed by atoms with van der Waals surface area (Å²) in [6.45, 7) is 0. The average molecular weight is 228 g/mol. The Morgan fingerprint density at radius 3 is 2.27 bits per heavy atom. The molecule has 0 N–H and O–H groups in total. The summed E-state index contributed by atoms with van der Waals surface area (Å²) < 4.78 is 0. The summed E-state index contributed by atoms with van der Waals surface area (Å²) >= 11 is 7.96. The molecular weight excluding hydrogens is 212 g/mol. The summed E-state index contributed by atoms with van der Waals surface area (Å²) in [7, 11) is 0. The van der Waals surface area contributed by atoms with Crippen molar-refractivity contribution in [3.8, 4) is 0 Å². The highest BCUT2D eigenvalue weighted by atomic mass is 32.2. The zero-order valence-electron chi connectivity index (χ0n) is 7.17. The van der Waals surface area contributed by atoms with Crippen LogP contribution in [0.3, 0.4) is 0 Å². The number of thioether (sulfide) groups is 4. The van der Waals surface area contributed by atoms with Crippen LogP contribution in [0.15, 0.2) is 0 Å². The first kappa shape index (κ1) is 12.4. The second kappa shape index (κ2) is 11.4. The molecule has 0 aromatic carbocycles. The standard InChI is InChI=1S/C7H16S4/c1-8-4-3-5-10-7-11-6-9-2/h3-7H2,1-2H3. The van der Waals surface area contributed by atoms with Gasteiger partial charge in [-0.05, 0) is 30.4 Å². The highest BCUT2D eigenvalue weighted by Gasteiger charge is 1.89. The van der Waals surface area contributed by atoms with Crippen LogP contribution in [0.2, 0.25) is 0 Å². The van der Waals surface area contributed by atoms with Gasteiger partial charge in [-0.15, -0.1) is 11.8 Å². The molecule has 0 saturated carbocycles. The lowest BCUT2D eigenvalue weighted by Crippen LogP contribution is -1.83. The third-order valence-electron chi connectivity index (χ3n) is 1.00. The molecule has 0 aliphatic rings. The quantitative estimate of drug-likeness (QED) is 0.460. The fraction of sp³-hybridized carbons (Fsp3) is 1.00. The average Bonchev–Trinajstić information content (AvgIpc) is 2.03. The molecule has 0 aromatic heterocycles. The van der Waals surface area contributed by atoms with E-state index in [0.29, 0.717) is 0 Å². The molecule has 0 aliphatic heterocycles. The molecule has 0 aromatic rings. The predicted molar refractivity (Wildman–Crippen MR) is 66.3 cm³/mol. The summed E-state index contributed by atoms with van der Waals surface area (Å²) in [6.07, 6.45) is 5.70. The molecule has 0 amide bonds. The molecule has 0 rings (SSSR count). The van der Waals surface area contributed by atoms with Crippen LogP contribution in [0.4, 0.5) is 0 Å². The van der Waals surface area contributed by atoms with E-state index in [2.05, 4.69) is 24.3 Å². The summed E-state index contributed by atoms with van der Waals surface area (Å²) in [5, 5.41) is 2.52. The van der Waals surface area contributed by atoms with Crippen molar-refractivity contribution in [2.24, 2.45) is 0 Å². The Morgan fingerprint density at radius 2 is 1.64 bits per heavy atom. The Morgan fingerprint density at radius 1 is 0.818 bits per heavy atom. The van der Waals surface area contributed by atoms with E-state index in [1.165, 1.54) is 28.1 Å². The van der Waals surface area contributed by atoms with Crippen molar-refractivity contribution in [3.05, 3.63) is 0 Å². The molecule has 0 unspecified atom stereocenters. The van der Waals surface area contributed by atoms with Crippen molar-refractivity contribution >= 4 is 47.0 Å². The minimum absolute atomic E-state index is 1.25. The summed E-state index contributed by atoms with van der Waals surface area (Å²) in [5.41, 5.74) is 0. The lowest BCUT2D eigenvalue weighted by molar-refractivity contribution is 1.13. The van der Waals surface area contributed by atoms with Gasteiger partial charge in [-0.1, -0.05) is 0 Å². The predicted octanol–water partition coefficient (Wildman–Crippen LogP) is 3.48. The SMILES string of the molecule is CSCCCSCSCSC. The fourth-order valence-electron chi connectivity index (χ4n) is 0.541. The lowest BCUT2D eigenvalue weighted by atomic mass is 10.6. The van der Waals surface area contributed by atoms with Gasteiger partial charge in [0.05, 0.1) is 0 Å². The first-order valence-corrected chi connectivity index (χ1v) is 8.65. The molecule has 0 fully saturated rings. The molecular formula is C7H16S4. The Kier molecular flexibility index (Phi) is 12.9. The van der Waals surface area contributed by atoms with Gasteiger partial charge in [0.15, 0.2) is 0 Å². The summed E-state index contributed by atoms with van der Waals surface area (Å²) in [5.74, 6) is 2.66. The fourth-order valence-corrected chi connectivity index (χ4v) is 4.00. The van der Waals surface area contributed by atoms with Gasteiger partial charge < -0.3 is 0 Å². The molecule has 11 heavy (non-hydrogen) atoms. The normalized spacial score (nSPS) is 10.4. The molecule has 4 heteroatoms. The van der Waals surface area contributed by atoms with Crippen LogP contribution < -0.4 is 0 Å². The molecule has 68 valence electrons. The zero-order chi connectivity index (χ0) is 8.36. The van der Waals surface area contributed by atoms with Crippen LogP contribution in [0.1, 0.15) is 6.42 Å². The van der Waals surface area contributed by atoms with Crippen molar-refractivity contribution in [2.75, 3.05) is 34.2 Å². The third-order valence-corrected chi connectivity index (χ3v) is 5.22. The third kappa shape index (κ3) is 11.4. The van der Waals surface area contributed by atoms with Gasteiger partial charge in [0.1, 0.15) is 0 Å². The van der Waals surface area contributed by atoms with Crippen molar-refractivity contribution in [3.63, 3.8) is 0 Å². The molecule has 0 aliphatic carbocycles. The Labute approximate surface area is 87.4 Å². The minimum Gasteiger partial charge on any atom is -0.165 e. The van der Waals surface area contributed by atoms with Gasteiger partial charge in [-0.2, -0.15) is 35.3 Å². The second-order valence-electron chi connectivity index (χ2n) is 1.98. The van der Waals surface area contributed by atoms with Gasteiger partial charge in [0.2, 0.25) is 0 Å². The molecule has 0 heterocycles. The zero-order valence-corrected chi connectivity index (χ0v) is 10.4. The Balaban J connectivity index is 2.69. The van der Waals surface area contributed by atoms with Crippen LogP contribution in [0, 0.1) is 0 Å². The van der Waals surface area contributed by atoms with Crippen molar-refractivity contribution in [1.82, 2.24) is 0 Å². The Bertz CT molecular complexity index is 59.5. The smallest absolute Gasteiger partial charge is 0.0400 e. The molecule has 0 bridgehead atoms. The first-order valence-electron chi connectivity index (χ1n) is 3.55. The van der Waals surface area contributed by atoms with Crippen LogP contribution >= 0.6 is 47.0 Å². The minimum atomic E-state index is 1.25. The lowest BCUT2D eigenvalue weighted by Gasteiger charge is -1.99. The first-order chi connectivity index (χ1) is 5.41. The van der Waals surface area contributed by atoms with Crippen LogP contribution in [-0.4, -0.2) is 34.2 Å². The van der Waals surface area contributed by atoms with E-state index in [4.69, 9.17) is 0 Å². The van der Waals surface area contributed by atoms with Crippen molar-refractivity contribution < 1.29 is 0 Å². The molecule has 0 saturated heterocycles. The van der Waals surface area contributed by atoms with E-state index in [9.17, 15) is 0 Å². The highest BCUT2D eigenvalue weighted by molar-refractivity contribution is 8.22. The second-order valence-corrected chi connectivity index (χ2v) is 6.66. The van der Waals surface area contributed by atoms with E-state index in [-0.39, 0.29) is 0 Å². The Hall–Kier alpha value is 1.40. The highest BCUT2D eigenvalue weighted by Crippen LogP contribution is 2.16. The maximum Gasteiger partial charge on any atom is 0.0400 e. The van der Waals surface area contributed by atoms with Gasteiger partial charge >= 0.3 is 0 Å². The maximum atomic E-state index is 2.17. The molecule has 0 radical (unpaired) electrons. The van der Waals surface area contributed by atoms with Gasteiger partial charge in [0.25, 0.3) is 0 Å². The van der Waals surface area contributed by atoms with Crippen LogP contribution in [0.25, 0.3) is 0 Å². The molecule has 0 nitrogen and oxygen atoms in total. The summed E-state index contributed by atoms with van der Waals surface area (Å²) in [4.78, 5) is 0. The number of rotatable bonds is 8. The van der Waals surface area contributed by atoms with Gasteiger partial charge in [0, 0.05) is 10.2 Å². The van der Waals surface area contributed by atoms with Crippen LogP contribution in [0.5, 0.6) is 0 Å². The maximum absolute atomic E-state index is 2.17. The molecule has 0 spiro atoms. The van der Waals surface area contributed by atoms with E-state index in [0.717, 1.165) is 0 Å². The number of hydrogen-bond donors (Lipinski definition) is 0. The molecule has 0 atom stereocenters. The van der Waals surface area contributed by atoms with Crippen LogP contribution in [-0.2, 0) is 0 Å². The topological polar surface area (TPSA) is 0 Å². The van der Waals surface area contributed by atoms with E-state index in [1.807, 2.05) is 35.3 Å². The monoisotopic (exact) mass is 228 g/mol. The van der Waals surface area contributed by atoms with E-state index in [1.54, 1.807) is 0 Å². The van der Waals surface area contributed by atoms with E-state index < -0.39 is 0 Å². The van der Waals surface area contributed by atoms with Crippen molar-refractivity contribution in [1.29, 1.82) is 0 Å². The van der Waals surface area contributed by atoms with E-state index >= 15 is 0 Å². The van der Waals surface area contributed by atoms with Gasteiger partial charge in [-0.3, -0.25) is 0 Å². The van der Waals surface area contributed by atoms with Gasteiger partial charge in [-0.25, -0.2) is 0 Å². The number of hydrogen-bond acceptors (Lipinski definition) is 4. The largest absolute Gasteiger partial charge is 0.165 e. The van der Waals surface area contributed by atoms with Crippen molar-refractivity contribution in [2.45, 2.75) is 6.42 Å². The summed E-state index contributed by atoms with van der Waals surface area (Å²) in [6, 6.07) is 0.